The molecule has 0 radical (unpaired) electrons. The average Bonchev–Trinajstić information content (AvgIpc) is 2.86. The lowest BCUT2D eigenvalue weighted by Gasteiger charge is -2.35. The lowest BCUT2D eigenvalue weighted by Crippen LogP contribution is -2.42. The number of aliphatic carboxylic acids is 1. The van der Waals surface area contributed by atoms with Crippen molar-refractivity contribution in [2.75, 3.05) is 18.0 Å². The van der Waals surface area contributed by atoms with Crippen LogP contribution in [0.25, 0.3) is 10.2 Å². The summed E-state index contributed by atoms with van der Waals surface area (Å²) in [5.74, 6) is 0.142. The van der Waals surface area contributed by atoms with Gasteiger partial charge < -0.3 is 10.0 Å². The van der Waals surface area contributed by atoms with Gasteiger partial charge in [0.05, 0.1) is 11.3 Å². The van der Waals surface area contributed by atoms with Gasteiger partial charge in [-0.3, -0.25) is 4.79 Å². The third-order valence-corrected chi connectivity index (χ3v) is 4.58. The first-order chi connectivity index (χ1) is 9.16. The normalized spacial score (nSPS) is 23.7. The van der Waals surface area contributed by atoms with Crippen molar-refractivity contribution in [3.63, 3.8) is 0 Å². The number of anilines is 1. The Morgan fingerprint density at radius 3 is 3.11 bits per heavy atom. The Labute approximate surface area is 114 Å². The van der Waals surface area contributed by atoms with E-state index in [1.807, 2.05) is 18.4 Å². The van der Waals surface area contributed by atoms with E-state index in [0.717, 1.165) is 29.1 Å². The maximum absolute atomic E-state index is 11.1. The lowest BCUT2D eigenvalue weighted by atomic mass is 9.87. The molecule has 1 saturated heterocycles. The Balaban J connectivity index is 1.88. The summed E-state index contributed by atoms with van der Waals surface area (Å²) in [5, 5.41) is 12.2. The fraction of sp³-hybridized carbons (Fsp3) is 0.462. The summed E-state index contributed by atoms with van der Waals surface area (Å²) in [4.78, 5) is 22.9. The van der Waals surface area contributed by atoms with Gasteiger partial charge in [-0.15, -0.1) is 11.3 Å². The largest absolute Gasteiger partial charge is 0.481 e. The highest BCUT2D eigenvalue weighted by molar-refractivity contribution is 7.16. The number of rotatable bonds is 2. The molecule has 19 heavy (non-hydrogen) atoms. The van der Waals surface area contributed by atoms with E-state index in [-0.39, 0.29) is 11.8 Å². The Kier molecular flexibility index (Phi) is 3.10. The van der Waals surface area contributed by atoms with Gasteiger partial charge in [-0.05, 0) is 23.8 Å². The second kappa shape index (κ2) is 4.77. The van der Waals surface area contributed by atoms with E-state index in [1.165, 1.54) is 0 Å². The van der Waals surface area contributed by atoms with Gasteiger partial charge in [0.15, 0.2) is 0 Å². The van der Waals surface area contributed by atoms with E-state index in [1.54, 1.807) is 17.7 Å². The van der Waals surface area contributed by atoms with Gasteiger partial charge in [0.25, 0.3) is 0 Å². The zero-order chi connectivity index (χ0) is 13.4. The van der Waals surface area contributed by atoms with Crippen LogP contribution in [0.15, 0.2) is 17.8 Å². The minimum Gasteiger partial charge on any atom is -0.481 e. The maximum atomic E-state index is 11.1. The van der Waals surface area contributed by atoms with Crippen molar-refractivity contribution in [2.45, 2.75) is 13.3 Å². The minimum atomic E-state index is -0.685. The number of fused-ring (bicyclic) bond motifs is 1. The van der Waals surface area contributed by atoms with Crippen LogP contribution in [0.5, 0.6) is 0 Å². The second-order valence-corrected chi connectivity index (χ2v) is 5.89. The topological polar surface area (TPSA) is 66.3 Å². The van der Waals surface area contributed by atoms with Crippen LogP contribution in [-0.2, 0) is 4.79 Å². The molecule has 0 bridgehead atoms. The molecule has 1 aliphatic rings. The maximum Gasteiger partial charge on any atom is 0.306 e. The molecule has 0 saturated carbocycles. The third-order valence-electron chi connectivity index (χ3n) is 3.76. The number of hydrogen-bond donors (Lipinski definition) is 1. The van der Waals surface area contributed by atoms with Crippen LogP contribution < -0.4 is 4.90 Å². The molecule has 0 spiro atoms. The summed E-state index contributed by atoms with van der Waals surface area (Å²) >= 11 is 1.60. The summed E-state index contributed by atoms with van der Waals surface area (Å²) < 4.78 is 0. The molecule has 2 aromatic rings. The van der Waals surface area contributed by atoms with Crippen LogP contribution in [0.1, 0.15) is 13.3 Å². The molecule has 5 nitrogen and oxygen atoms in total. The summed E-state index contributed by atoms with van der Waals surface area (Å²) in [7, 11) is 0. The molecule has 1 fully saturated rings. The van der Waals surface area contributed by atoms with E-state index in [9.17, 15) is 4.79 Å². The van der Waals surface area contributed by atoms with E-state index < -0.39 is 5.97 Å². The van der Waals surface area contributed by atoms with Crippen molar-refractivity contribution in [3.05, 3.63) is 17.8 Å². The highest BCUT2D eigenvalue weighted by atomic mass is 32.1. The van der Waals surface area contributed by atoms with E-state index in [0.29, 0.717) is 6.42 Å². The fourth-order valence-corrected chi connectivity index (χ4v) is 3.46. The molecule has 2 aromatic heterocycles. The monoisotopic (exact) mass is 277 g/mol. The molecule has 0 amide bonds. The van der Waals surface area contributed by atoms with Gasteiger partial charge in [0.2, 0.25) is 0 Å². The van der Waals surface area contributed by atoms with Gasteiger partial charge in [-0.1, -0.05) is 6.92 Å². The molecule has 1 aliphatic heterocycles. The quantitative estimate of drug-likeness (QED) is 0.912. The van der Waals surface area contributed by atoms with Crippen LogP contribution >= 0.6 is 11.3 Å². The SMILES string of the molecule is CC1CN(c2ncnc3sccc23)CCC1C(=O)O. The Morgan fingerprint density at radius 1 is 1.53 bits per heavy atom. The molecule has 2 atom stereocenters. The van der Waals surface area contributed by atoms with Crippen molar-refractivity contribution >= 4 is 33.3 Å². The molecule has 0 aromatic carbocycles. The highest BCUT2D eigenvalue weighted by Crippen LogP contribution is 2.31. The Hall–Kier alpha value is -1.69. The van der Waals surface area contributed by atoms with Gasteiger partial charge in [-0.25, -0.2) is 9.97 Å². The number of piperidine rings is 1. The van der Waals surface area contributed by atoms with E-state index in [4.69, 9.17) is 5.11 Å². The molecule has 6 heteroatoms. The van der Waals surface area contributed by atoms with Crippen LogP contribution in [-0.4, -0.2) is 34.1 Å². The van der Waals surface area contributed by atoms with Crippen LogP contribution in [0.3, 0.4) is 0 Å². The summed E-state index contributed by atoms with van der Waals surface area (Å²) in [6.45, 7) is 3.47. The van der Waals surface area contributed by atoms with Crippen LogP contribution in [0.2, 0.25) is 0 Å². The van der Waals surface area contributed by atoms with Crippen molar-refractivity contribution in [3.8, 4) is 0 Å². The van der Waals surface area contributed by atoms with Crippen molar-refractivity contribution in [1.29, 1.82) is 0 Å². The number of carboxylic acids is 1. The smallest absolute Gasteiger partial charge is 0.306 e. The number of carbonyl (C=O) groups is 1. The molecule has 2 unspecified atom stereocenters. The molecular weight excluding hydrogens is 262 g/mol. The third kappa shape index (κ3) is 2.16. The predicted molar refractivity (Wildman–Crippen MR) is 74.5 cm³/mol. The summed E-state index contributed by atoms with van der Waals surface area (Å²) in [5.41, 5.74) is 0. The molecule has 100 valence electrons. The average molecular weight is 277 g/mol. The molecule has 1 N–H and O–H groups in total. The van der Waals surface area contributed by atoms with Crippen molar-refractivity contribution < 1.29 is 9.90 Å². The van der Waals surface area contributed by atoms with E-state index >= 15 is 0 Å². The van der Waals surface area contributed by atoms with Crippen LogP contribution in [0, 0.1) is 11.8 Å². The van der Waals surface area contributed by atoms with Crippen molar-refractivity contribution in [2.24, 2.45) is 11.8 Å². The van der Waals surface area contributed by atoms with Crippen molar-refractivity contribution in [1.82, 2.24) is 9.97 Å². The number of hydrogen-bond acceptors (Lipinski definition) is 5. The molecule has 3 rings (SSSR count). The number of aromatic nitrogens is 2. The lowest BCUT2D eigenvalue weighted by molar-refractivity contribution is -0.144. The van der Waals surface area contributed by atoms with Gasteiger partial charge in [0.1, 0.15) is 17.0 Å². The number of nitrogens with zero attached hydrogens (tertiary/aromatic N) is 3. The van der Waals surface area contributed by atoms with Gasteiger partial charge in [0, 0.05) is 13.1 Å². The first-order valence-corrected chi connectivity index (χ1v) is 7.20. The standard InChI is InChI=1S/C13H15N3O2S/c1-8-6-16(4-2-9(8)13(17)18)11-10-3-5-19-12(10)15-7-14-11/h3,5,7-9H,2,4,6H2,1H3,(H,17,18). The minimum absolute atomic E-state index is 0.134. The Morgan fingerprint density at radius 2 is 2.37 bits per heavy atom. The zero-order valence-corrected chi connectivity index (χ0v) is 11.4. The van der Waals surface area contributed by atoms with Crippen LogP contribution in [0.4, 0.5) is 5.82 Å². The fourth-order valence-electron chi connectivity index (χ4n) is 2.73. The van der Waals surface area contributed by atoms with E-state index in [2.05, 4.69) is 14.9 Å². The van der Waals surface area contributed by atoms with Gasteiger partial charge in [-0.2, -0.15) is 0 Å². The zero-order valence-electron chi connectivity index (χ0n) is 10.6. The molecular formula is C13H15N3O2S. The first-order valence-electron chi connectivity index (χ1n) is 6.33. The molecule has 3 heterocycles. The number of carboxylic acid groups (broad SMARTS) is 1. The predicted octanol–water partition coefficient (Wildman–Crippen LogP) is 2.24. The Bertz CT molecular complexity index is 613. The number of thiophene rings is 1. The second-order valence-electron chi connectivity index (χ2n) is 4.99. The summed E-state index contributed by atoms with van der Waals surface area (Å²) in [6.07, 6.45) is 2.26. The highest BCUT2D eigenvalue weighted by Gasteiger charge is 2.32. The molecule has 0 aliphatic carbocycles. The summed E-state index contributed by atoms with van der Waals surface area (Å²) in [6, 6.07) is 2.03. The first kappa shape index (κ1) is 12.3. The van der Waals surface area contributed by atoms with Gasteiger partial charge >= 0.3 is 5.97 Å².